The molecule has 0 spiro atoms. The number of benzene rings is 2. The second-order valence-electron chi connectivity index (χ2n) is 5.98. The number of hydrogen-bond acceptors (Lipinski definition) is 4. The summed E-state index contributed by atoms with van der Waals surface area (Å²) >= 11 is 0. The molecule has 1 aromatic heterocycles. The van der Waals surface area contributed by atoms with Crippen molar-refractivity contribution in [3.63, 3.8) is 0 Å². The van der Waals surface area contributed by atoms with Crippen molar-refractivity contribution in [2.75, 3.05) is 17.2 Å². The molecule has 2 heterocycles. The quantitative estimate of drug-likeness (QED) is 0.741. The molecular weight excluding hydrogens is 332 g/mol. The minimum absolute atomic E-state index is 0.0135. The number of amides is 2. The average Bonchev–Trinajstić information content (AvgIpc) is 3.13. The number of hydrogen-bond donors (Lipinski definition) is 2. The van der Waals surface area contributed by atoms with Crippen LogP contribution < -0.4 is 15.4 Å². The Balaban J connectivity index is 1.57. The normalized spacial score (nSPS) is 15.6. The van der Waals surface area contributed by atoms with E-state index in [2.05, 4.69) is 15.6 Å². The summed E-state index contributed by atoms with van der Waals surface area (Å²) in [7, 11) is 0. The van der Waals surface area contributed by atoms with Gasteiger partial charge >= 0.3 is 0 Å². The fraction of sp³-hybridized carbons (Fsp3) is 0.211. The van der Waals surface area contributed by atoms with Crippen LogP contribution in [0.25, 0.3) is 11.0 Å². The summed E-state index contributed by atoms with van der Waals surface area (Å²) in [6.07, 6.45) is 0.0135. The van der Waals surface area contributed by atoms with Crippen LogP contribution in [-0.4, -0.2) is 28.0 Å². The van der Waals surface area contributed by atoms with E-state index in [0.717, 1.165) is 11.0 Å². The minimum atomic E-state index is -0.628. The maximum atomic E-state index is 12.6. The molecule has 4 rings (SSSR count). The predicted octanol–water partition coefficient (Wildman–Crippen LogP) is 2.96. The summed E-state index contributed by atoms with van der Waals surface area (Å²) in [5, 5.41) is 5.58. The summed E-state index contributed by atoms with van der Waals surface area (Å²) in [5.41, 5.74) is 2.21. The molecule has 132 valence electrons. The van der Waals surface area contributed by atoms with Crippen molar-refractivity contribution in [3.8, 4) is 5.75 Å². The largest absolute Gasteiger partial charge is 0.492 e. The predicted molar refractivity (Wildman–Crippen MR) is 98.3 cm³/mol. The maximum Gasteiger partial charge on any atom is 0.250 e. The van der Waals surface area contributed by atoms with Gasteiger partial charge in [0.1, 0.15) is 11.8 Å². The second-order valence-corrected chi connectivity index (χ2v) is 5.98. The molecule has 0 bridgehead atoms. The summed E-state index contributed by atoms with van der Waals surface area (Å²) in [4.78, 5) is 29.3. The van der Waals surface area contributed by atoms with E-state index in [9.17, 15) is 9.59 Å². The Bertz CT molecular complexity index is 995. The topological polar surface area (TPSA) is 85.2 Å². The molecule has 3 aromatic rings. The SMILES string of the molecule is CCOc1ccccc1NC(=O)CC1C(=O)Nc2nc3ccccc3n21. The van der Waals surface area contributed by atoms with Crippen molar-refractivity contribution in [2.45, 2.75) is 19.4 Å². The van der Waals surface area contributed by atoms with Crippen LogP contribution >= 0.6 is 0 Å². The van der Waals surface area contributed by atoms with Crippen LogP contribution in [0.4, 0.5) is 11.6 Å². The van der Waals surface area contributed by atoms with E-state index in [-0.39, 0.29) is 18.2 Å². The van der Waals surface area contributed by atoms with Gasteiger partial charge in [-0.2, -0.15) is 0 Å². The summed E-state index contributed by atoms with van der Waals surface area (Å²) in [5.74, 6) is 0.589. The second kappa shape index (κ2) is 6.51. The molecule has 2 aromatic carbocycles. The molecule has 2 N–H and O–H groups in total. The Morgan fingerprint density at radius 1 is 1.23 bits per heavy atom. The van der Waals surface area contributed by atoms with Gasteiger partial charge in [-0.25, -0.2) is 4.98 Å². The summed E-state index contributed by atoms with van der Waals surface area (Å²) in [6.45, 7) is 2.38. The van der Waals surface area contributed by atoms with Crippen molar-refractivity contribution in [3.05, 3.63) is 48.5 Å². The molecule has 1 aliphatic rings. The van der Waals surface area contributed by atoms with Gasteiger partial charge < -0.3 is 10.1 Å². The van der Waals surface area contributed by atoms with Crippen molar-refractivity contribution >= 4 is 34.5 Å². The number of nitrogens with zero attached hydrogens (tertiary/aromatic N) is 2. The van der Waals surface area contributed by atoms with Gasteiger partial charge in [-0.3, -0.25) is 19.5 Å². The molecule has 0 saturated carbocycles. The van der Waals surface area contributed by atoms with Crippen LogP contribution in [0.1, 0.15) is 19.4 Å². The lowest BCUT2D eigenvalue weighted by Crippen LogP contribution is -2.23. The summed E-state index contributed by atoms with van der Waals surface area (Å²) in [6, 6.07) is 14.1. The molecule has 26 heavy (non-hydrogen) atoms. The average molecular weight is 350 g/mol. The summed E-state index contributed by atoms with van der Waals surface area (Å²) < 4.78 is 7.30. The standard InChI is InChI=1S/C19H18N4O3/c1-2-26-16-10-6-4-8-13(16)20-17(24)11-15-18(25)22-19-21-12-7-3-5-9-14(12)23(15)19/h3-10,15H,2,11H2,1H3,(H,20,24)(H,21,22,25). The van der Waals surface area contributed by atoms with Crippen LogP contribution in [-0.2, 0) is 9.59 Å². The highest BCUT2D eigenvalue weighted by Crippen LogP contribution is 2.32. The van der Waals surface area contributed by atoms with Gasteiger partial charge in [0, 0.05) is 0 Å². The lowest BCUT2D eigenvalue weighted by atomic mass is 10.1. The Hall–Kier alpha value is -3.35. The third kappa shape index (κ3) is 2.77. The first-order valence-corrected chi connectivity index (χ1v) is 8.47. The Labute approximate surface area is 150 Å². The van der Waals surface area contributed by atoms with Gasteiger partial charge in [0.05, 0.1) is 29.7 Å². The smallest absolute Gasteiger partial charge is 0.250 e. The zero-order valence-corrected chi connectivity index (χ0v) is 14.2. The highest BCUT2D eigenvalue weighted by atomic mass is 16.5. The van der Waals surface area contributed by atoms with E-state index < -0.39 is 6.04 Å². The lowest BCUT2D eigenvalue weighted by Gasteiger charge is -2.14. The molecule has 1 aliphatic heterocycles. The van der Waals surface area contributed by atoms with Crippen LogP contribution in [0.2, 0.25) is 0 Å². The van der Waals surface area contributed by atoms with Gasteiger partial charge in [0.25, 0.3) is 0 Å². The van der Waals surface area contributed by atoms with E-state index in [4.69, 9.17) is 4.74 Å². The number of carbonyl (C=O) groups excluding carboxylic acids is 2. The first-order valence-electron chi connectivity index (χ1n) is 8.47. The molecule has 0 aliphatic carbocycles. The van der Waals surface area contributed by atoms with E-state index in [1.54, 1.807) is 16.7 Å². The Kier molecular flexibility index (Phi) is 4.04. The zero-order valence-electron chi connectivity index (χ0n) is 14.2. The van der Waals surface area contributed by atoms with E-state index in [0.29, 0.717) is 24.0 Å². The van der Waals surface area contributed by atoms with Crippen LogP contribution in [0.15, 0.2) is 48.5 Å². The number of carbonyl (C=O) groups is 2. The highest BCUT2D eigenvalue weighted by molar-refractivity contribution is 6.03. The third-order valence-electron chi connectivity index (χ3n) is 4.28. The number of aromatic nitrogens is 2. The first-order chi connectivity index (χ1) is 12.7. The number of nitrogens with one attached hydrogen (secondary N) is 2. The van der Waals surface area contributed by atoms with Gasteiger partial charge in [-0.05, 0) is 31.2 Å². The third-order valence-corrected chi connectivity index (χ3v) is 4.28. The van der Waals surface area contributed by atoms with Crippen molar-refractivity contribution in [1.82, 2.24) is 9.55 Å². The van der Waals surface area contributed by atoms with Gasteiger partial charge in [0.2, 0.25) is 17.8 Å². The number of ether oxygens (including phenoxy) is 1. The van der Waals surface area contributed by atoms with Crippen LogP contribution in [0.5, 0.6) is 5.75 Å². The Morgan fingerprint density at radius 2 is 2.00 bits per heavy atom. The van der Waals surface area contributed by atoms with E-state index in [1.165, 1.54) is 0 Å². The lowest BCUT2D eigenvalue weighted by molar-refractivity contribution is -0.123. The number of anilines is 2. The van der Waals surface area contributed by atoms with Crippen molar-refractivity contribution in [2.24, 2.45) is 0 Å². The van der Waals surface area contributed by atoms with Crippen LogP contribution in [0, 0.1) is 0 Å². The van der Waals surface area contributed by atoms with Crippen molar-refractivity contribution < 1.29 is 14.3 Å². The molecule has 7 heteroatoms. The fourth-order valence-electron chi connectivity index (χ4n) is 3.17. The molecule has 2 amide bonds. The van der Waals surface area contributed by atoms with Crippen molar-refractivity contribution in [1.29, 1.82) is 0 Å². The molecule has 7 nitrogen and oxygen atoms in total. The van der Waals surface area contributed by atoms with Gasteiger partial charge in [0.15, 0.2) is 0 Å². The molecule has 1 atom stereocenters. The highest BCUT2D eigenvalue weighted by Gasteiger charge is 2.34. The maximum absolute atomic E-state index is 12.6. The molecule has 0 fully saturated rings. The molecule has 0 saturated heterocycles. The zero-order chi connectivity index (χ0) is 18.1. The first kappa shape index (κ1) is 16.1. The van der Waals surface area contributed by atoms with Crippen LogP contribution in [0.3, 0.4) is 0 Å². The Morgan fingerprint density at radius 3 is 2.85 bits per heavy atom. The number of para-hydroxylation sites is 4. The fourth-order valence-corrected chi connectivity index (χ4v) is 3.17. The van der Waals surface area contributed by atoms with E-state index >= 15 is 0 Å². The number of fused-ring (bicyclic) bond motifs is 3. The monoisotopic (exact) mass is 350 g/mol. The molecule has 1 unspecified atom stereocenters. The van der Waals surface area contributed by atoms with Gasteiger partial charge in [-0.1, -0.05) is 24.3 Å². The number of imidazole rings is 1. The minimum Gasteiger partial charge on any atom is -0.492 e. The van der Waals surface area contributed by atoms with Gasteiger partial charge in [-0.15, -0.1) is 0 Å². The van der Waals surface area contributed by atoms with E-state index in [1.807, 2.05) is 43.3 Å². The molecule has 0 radical (unpaired) electrons. The molecular formula is C19H18N4O3. The number of rotatable bonds is 5.